The molecule has 2 rings (SSSR count). The van der Waals surface area contributed by atoms with E-state index in [0.29, 0.717) is 13.0 Å². The summed E-state index contributed by atoms with van der Waals surface area (Å²) in [6.45, 7) is 8.80. The molecule has 7 nitrogen and oxygen atoms in total. The number of benzene rings is 1. The van der Waals surface area contributed by atoms with Gasteiger partial charge in [0.2, 0.25) is 5.91 Å². The van der Waals surface area contributed by atoms with E-state index in [1.54, 1.807) is 12.1 Å². The van der Waals surface area contributed by atoms with Gasteiger partial charge >= 0.3 is 5.69 Å². The van der Waals surface area contributed by atoms with E-state index in [9.17, 15) is 14.9 Å². The topological polar surface area (TPSA) is 84.7 Å². The lowest BCUT2D eigenvalue weighted by Crippen LogP contribution is -2.31. The largest absolute Gasteiger partial charge is 0.481 e. The van der Waals surface area contributed by atoms with Crippen LogP contribution in [0, 0.1) is 10.1 Å². The van der Waals surface area contributed by atoms with Crippen LogP contribution in [-0.2, 0) is 4.79 Å². The van der Waals surface area contributed by atoms with Gasteiger partial charge in [0, 0.05) is 43.4 Å². The molecule has 1 aliphatic rings. The summed E-state index contributed by atoms with van der Waals surface area (Å²) in [4.78, 5) is 24.3. The normalized spacial score (nSPS) is 17.7. The SMILES string of the molecule is CCC(=O)N1CCC(Nc2ccc([N+](=O)[O-])c(OC(C)(C)C)c2)C1. The second-order valence-corrected chi connectivity index (χ2v) is 6.98. The molecule has 0 bridgehead atoms. The average Bonchev–Trinajstić information content (AvgIpc) is 2.93. The van der Waals surface area contributed by atoms with Crippen LogP contribution in [0.4, 0.5) is 11.4 Å². The van der Waals surface area contributed by atoms with Crippen LogP contribution in [0.3, 0.4) is 0 Å². The first-order valence-electron chi connectivity index (χ1n) is 8.21. The number of hydrogen-bond donors (Lipinski definition) is 1. The molecule has 7 heteroatoms. The summed E-state index contributed by atoms with van der Waals surface area (Å²) in [5, 5.41) is 14.5. The van der Waals surface area contributed by atoms with Crippen LogP contribution < -0.4 is 10.1 Å². The summed E-state index contributed by atoms with van der Waals surface area (Å²) in [6.07, 6.45) is 1.37. The fraction of sp³-hybridized carbons (Fsp3) is 0.588. The molecule has 1 N–H and O–H groups in total. The predicted molar refractivity (Wildman–Crippen MR) is 92.4 cm³/mol. The minimum absolute atomic E-state index is 0.0512. The van der Waals surface area contributed by atoms with Gasteiger partial charge in [-0.1, -0.05) is 6.92 Å². The zero-order valence-corrected chi connectivity index (χ0v) is 14.7. The van der Waals surface area contributed by atoms with Crippen LogP contribution in [-0.4, -0.2) is 40.5 Å². The molecule has 1 fully saturated rings. The zero-order chi connectivity index (χ0) is 17.9. The Balaban J connectivity index is 2.13. The molecule has 1 unspecified atom stereocenters. The molecule has 24 heavy (non-hydrogen) atoms. The van der Waals surface area contributed by atoms with Crippen LogP contribution >= 0.6 is 0 Å². The minimum Gasteiger partial charge on any atom is -0.481 e. The molecule has 0 spiro atoms. The van der Waals surface area contributed by atoms with Gasteiger partial charge in [0.1, 0.15) is 5.60 Å². The maximum absolute atomic E-state index is 11.7. The van der Waals surface area contributed by atoms with Crippen molar-refractivity contribution in [3.05, 3.63) is 28.3 Å². The van der Waals surface area contributed by atoms with Gasteiger partial charge in [0.25, 0.3) is 0 Å². The third-order valence-corrected chi connectivity index (χ3v) is 3.79. The molecule has 1 atom stereocenters. The summed E-state index contributed by atoms with van der Waals surface area (Å²) in [7, 11) is 0. The van der Waals surface area contributed by atoms with Gasteiger partial charge in [0.05, 0.1) is 4.92 Å². The Kier molecular flexibility index (Phi) is 5.31. The van der Waals surface area contributed by atoms with Crippen LogP contribution in [0.2, 0.25) is 0 Å². The van der Waals surface area contributed by atoms with Crippen molar-refractivity contribution in [2.45, 2.75) is 52.2 Å². The second kappa shape index (κ2) is 7.07. The zero-order valence-electron chi connectivity index (χ0n) is 14.7. The Hall–Kier alpha value is -2.31. The molecule has 1 aliphatic heterocycles. The summed E-state index contributed by atoms with van der Waals surface area (Å²) in [6, 6.07) is 4.93. The Morgan fingerprint density at radius 2 is 2.17 bits per heavy atom. The number of rotatable bonds is 5. The standard InChI is InChI=1S/C17H25N3O4/c1-5-16(21)19-9-8-13(11-19)18-12-6-7-14(20(22)23)15(10-12)24-17(2,3)4/h6-7,10,13,18H,5,8-9,11H2,1-4H3. The van der Waals surface area contributed by atoms with Crippen LogP contribution in [0.25, 0.3) is 0 Å². The Bertz CT molecular complexity index is 625. The molecular weight excluding hydrogens is 310 g/mol. The molecule has 132 valence electrons. The molecule has 0 aliphatic carbocycles. The molecular formula is C17H25N3O4. The van der Waals surface area contributed by atoms with Gasteiger partial charge in [-0.25, -0.2) is 0 Å². The number of ether oxygens (including phenoxy) is 1. The molecule has 0 aromatic heterocycles. The van der Waals surface area contributed by atoms with E-state index in [1.165, 1.54) is 6.07 Å². The summed E-state index contributed by atoms with van der Waals surface area (Å²) in [5.74, 6) is 0.400. The molecule has 1 heterocycles. The number of likely N-dealkylation sites (tertiary alicyclic amines) is 1. The highest BCUT2D eigenvalue weighted by Gasteiger charge is 2.26. The molecule has 1 aromatic rings. The summed E-state index contributed by atoms with van der Waals surface area (Å²) < 4.78 is 5.73. The van der Waals surface area contributed by atoms with E-state index in [2.05, 4.69) is 5.32 Å². The first-order valence-corrected chi connectivity index (χ1v) is 8.21. The van der Waals surface area contributed by atoms with Gasteiger partial charge < -0.3 is 15.0 Å². The Morgan fingerprint density at radius 3 is 2.75 bits per heavy atom. The number of nitro groups is 1. The van der Waals surface area contributed by atoms with Gasteiger partial charge in [0.15, 0.2) is 5.75 Å². The van der Waals surface area contributed by atoms with E-state index < -0.39 is 10.5 Å². The Labute approximate surface area is 142 Å². The third kappa shape index (κ3) is 4.59. The van der Waals surface area contributed by atoms with E-state index in [0.717, 1.165) is 18.7 Å². The van der Waals surface area contributed by atoms with Crippen molar-refractivity contribution in [1.29, 1.82) is 0 Å². The number of anilines is 1. The maximum atomic E-state index is 11.7. The number of nitro benzene ring substituents is 1. The van der Waals surface area contributed by atoms with Crippen molar-refractivity contribution < 1.29 is 14.5 Å². The highest BCUT2D eigenvalue weighted by atomic mass is 16.6. The van der Waals surface area contributed by atoms with Crippen molar-refractivity contribution in [3.8, 4) is 5.75 Å². The number of carbonyl (C=O) groups excluding carboxylic acids is 1. The number of hydrogen-bond acceptors (Lipinski definition) is 5. The lowest BCUT2D eigenvalue weighted by molar-refractivity contribution is -0.386. The highest BCUT2D eigenvalue weighted by molar-refractivity contribution is 5.76. The number of nitrogens with zero attached hydrogens (tertiary/aromatic N) is 2. The van der Waals surface area contributed by atoms with Gasteiger partial charge in [-0.2, -0.15) is 0 Å². The smallest absolute Gasteiger partial charge is 0.311 e. The first kappa shape index (κ1) is 18.0. The average molecular weight is 335 g/mol. The van der Waals surface area contributed by atoms with Crippen molar-refractivity contribution in [2.75, 3.05) is 18.4 Å². The fourth-order valence-electron chi connectivity index (χ4n) is 2.73. The van der Waals surface area contributed by atoms with Gasteiger partial charge in [-0.15, -0.1) is 0 Å². The first-order chi connectivity index (χ1) is 11.2. The van der Waals surface area contributed by atoms with Crippen molar-refractivity contribution in [1.82, 2.24) is 4.90 Å². The minimum atomic E-state index is -0.527. The third-order valence-electron chi connectivity index (χ3n) is 3.79. The lowest BCUT2D eigenvalue weighted by Gasteiger charge is -2.22. The number of carbonyl (C=O) groups is 1. The maximum Gasteiger partial charge on any atom is 0.311 e. The molecule has 1 amide bonds. The molecule has 0 radical (unpaired) electrons. The summed E-state index contributed by atoms with van der Waals surface area (Å²) >= 11 is 0. The van der Waals surface area contributed by atoms with Crippen molar-refractivity contribution in [2.24, 2.45) is 0 Å². The molecule has 0 saturated carbocycles. The van der Waals surface area contributed by atoms with Gasteiger partial charge in [-0.3, -0.25) is 14.9 Å². The highest BCUT2D eigenvalue weighted by Crippen LogP contribution is 2.33. The van der Waals surface area contributed by atoms with Crippen LogP contribution in [0.5, 0.6) is 5.75 Å². The van der Waals surface area contributed by atoms with Crippen LogP contribution in [0.1, 0.15) is 40.5 Å². The predicted octanol–water partition coefficient (Wildman–Crippen LogP) is 3.19. The van der Waals surface area contributed by atoms with Crippen LogP contribution in [0.15, 0.2) is 18.2 Å². The molecule has 1 saturated heterocycles. The second-order valence-electron chi connectivity index (χ2n) is 6.98. The van der Waals surface area contributed by atoms with Gasteiger partial charge in [-0.05, 0) is 33.3 Å². The monoisotopic (exact) mass is 335 g/mol. The van der Waals surface area contributed by atoms with E-state index >= 15 is 0 Å². The van der Waals surface area contributed by atoms with E-state index in [4.69, 9.17) is 4.74 Å². The number of nitrogens with one attached hydrogen (secondary N) is 1. The molecule has 1 aromatic carbocycles. The number of amides is 1. The van der Waals surface area contributed by atoms with E-state index in [1.807, 2.05) is 32.6 Å². The quantitative estimate of drug-likeness (QED) is 0.660. The van der Waals surface area contributed by atoms with E-state index in [-0.39, 0.29) is 23.4 Å². The lowest BCUT2D eigenvalue weighted by atomic mass is 10.1. The summed E-state index contributed by atoms with van der Waals surface area (Å²) in [5.41, 5.74) is 0.182. The van der Waals surface area contributed by atoms with Crippen molar-refractivity contribution in [3.63, 3.8) is 0 Å². The van der Waals surface area contributed by atoms with Crippen molar-refractivity contribution >= 4 is 17.3 Å². The fourth-order valence-corrected chi connectivity index (χ4v) is 2.73. The Morgan fingerprint density at radius 1 is 1.46 bits per heavy atom.